The molecule has 0 amide bonds. The van der Waals surface area contributed by atoms with E-state index in [4.69, 9.17) is 11.6 Å². The van der Waals surface area contributed by atoms with E-state index in [0.717, 1.165) is 37.8 Å². The monoisotopic (exact) mass is 330 g/mol. The van der Waals surface area contributed by atoms with E-state index in [1.807, 2.05) is 13.0 Å². The molecule has 0 radical (unpaired) electrons. The highest BCUT2D eigenvalue weighted by atomic mass is 35.5. The van der Waals surface area contributed by atoms with Crippen molar-refractivity contribution in [2.45, 2.75) is 44.0 Å². The summed E-state index contributed by atoms with van der Waals surface area (Å²) in [5.74, 6) is 0. The van der Waals surface area contributed by atoms with E-state index < -0.39 is 10.0 Å². The Balaban J connectivity index is 2.29. The molecule has 1 aliphatic heterocycles. The third-order valence-corrected chi connectivity index (χ3v) is 6.14. The van der Waals surface area contributed by atoms with Crippen molar-refractivity contribution in [1.82, 2.24) is 9.62 Å². The zero-order valence-corrected chi connectivity index (χ0v) is 14.0. The molecule has 0 aliphatic carbocycles. The molecule has 6 heteroatoms. The number of hydrogen-bond acceptors (Lipinski definition) is 3. The first-order valence-electron chi connectivity index (χ1n) is 7.55. The van der Waals surface area contributed by atoms with E-state index in [-0.39, 0.29) is 4.90 Å². The Morgan fingerprint density at radius 3 is 2.48 bits per heavy atom. The summed E-state index contributed by atoms with van der Waals surface area (Å²) < 4.78 is 27.2. The van der Waals surface area contributed by atoms with Gasteiger partial charge in [-0.1, -0.05) is 37.4 Å². The lowest BCUT2D eigenvalue weighted by molar-refractivity contribution is 0.423. The molecule has 21 heavy (non-hydrogen) atoms. The van der Waals surface area contributed by atoms with Crippen molar-refractivity contribution in [2.24, 2.45) is 0 Å². The second-order valence-electron chi connectivity index (χ2n) is 5.36. The van der Waals surface area contributed by atoms with Crippen molar-refractivity contribution in [3.63, 3.8) is 0 Å². The van der Waals surface area contributed by atoms with Crippen LogP contribution < -0.4 is 5.32 Å². The van der Waals surface area contributed by atoms with Gasteiger partial charge in [-0.25, -0.2) is 8.42 Å². The van der Waals surface area contributed by atoms with Gasteiger partial charge < -0.3 is 5.32 Å². The van der Waals surface area contributed by atoms with Gasteiger partial charge >= 0.3 is 0 Å². The Morgan fingerprint density at radius 2 is 1.86 bits per heavy atom. The highest BCUT2D eigenvalue weighted by molar-refractivity contribution is 7.89. The van der Waals surface area contributed by atoms with Gasteiger partial charge in [0.15, 0.2) is 0 Å². The molecule has 0 unspecified atom stereocenters. The maximum atomic E-state index is 12.8. The normalized spacial score (nSPS) is 17.6. The minimum absolute atomic E-state index is 0.237. The van der Waals surface area contributed by atoms with Gasteiger partial charge in [-0.3, -0.25) is 0 Å². The first-order valence-corrected chi connectivity index (χ1v) is 9.37. The quantitative estimate of drug-likeness (QED) is 0.902. The summed E-state index contributed by atoms with van der Waals surface area (Å²) in [4.78, 5) is 0.237. The lowest BCUT2D eigenvalue weighted by Gasteiger charge is -2.21. The summed E-state index contributed by atoms with van der Waals surface area (Å²) in [7, 11) is -3.49. The van der Waals surface area contributed by atoms with Crippen molar-refractivity contribution in [2.75, 3.05) is 19.6 Å². The maximum Gasteiger partial charge on any atom is 0.244 e. The number of rotatable bonds is 5. The van der Waals surface area contributed by atoms with Crippen LogP contribution in [0, 0.1) is 0 Å². The molecule has 1 saturated heterocycles. The summed E-state index contributed by atoms with van der Waals surface area (Å²) >= 11 is 6.15. The second-order valence-corrected chi connectivity index (χ2v) is 7.68. The fourth-order valence-corrected chi connectivity index (χ4v) is 4.59. The van der Waals surface area contributed by atoms with Crippen LogP contribution in [0.15, 0.2) is 23.1 Å². The smallest absolute Gasteiger partial charge is 0.244 e. The molecule has 1 N–H and O–H groups in total. The molecule has 0 aromatic heterocycles. The number of benzene rings is 1. The summed E-state index contributed by atoms with van der Waals surface area (Å²) in [5, 5.41) is 3.51. The molecule has 4 nitrogen and oxygen atoms in total. The van der Waals surface area contributed by atoms with Crippen LogP contribution in [0.1, 0.15) is 38.2 Å². The van der Waals surface area contributed by atoms with Gasteiger partial charge in [0.1, 0.15) is 4.90 Å². The molecular formula is C15H23ClN2O2S. The van der Waals surface area contributed by atoms with Crippen LogP contribution in [0.2, 0.25) is 5.02 Å². The van der Waals surface area contributed by atoms with Crippen LogP contribution in [-0.4, -0.2) is 32.4 Å². The molecule has 2 rings (SSSR count). The summed E-state index contributed by atoms with van der Waals surface area (Å²) in [5.41, 5.74) is 0.939. The van der Waals surface area contributed by atoms with Crippen LogP contribution in [0.4, 0.5) is 0 Å². The van der Waals surface area contributed by atoms with E-state index in [2.05, 4.69) is 5.32 Å². The van der Waals surface area contributed by atoms with Crippen molar-refractivity contribution < 1.29 is 8.42 Å². The molecule has 1 aliphatic rings. The summed E-state index contributed by atoms with van der Waals surface area (Å²) in [6, 6.07) is 5.25. The molecule has 0 spiro atoms. The Kier molecular flexibility index (Phi) is 6.05. The van der Waals surface area contributed by atoms with E-state index >= 15 is 0 Å². The average molecular weight is 331 g/mol. The summed E-state index contributed by atoms with van der Waals surface area (Å²) in [6.07, 6.45) is 4.04. The van der Waals surface area contributed by atoms with Gasteiger partial charge in [0.05, 0.1) is 5.02 Å². The molecule has 1 fully saturated rings. The largest absolute Gasteiger partial charge is 0.313 e. The lowest BCUT2D eigenvalue weighted by Crippen LogP contribution is -2.32. The van der Waals surface area contributed by atoms with Crippen LogP contribution in [0.3, 0.4) is 0 Å². The number of nitrogens with one attached hydrogen (secondary N) is 1. The first-order chi connectivity index (χ1) is 10.1. The number of nitrogens with zero attached hydrogens (tertiary/aromatic N) is 1. The third kappa shape index (κ3) is 4.19. The van der Waals surface area contributed by atoms with Gasteiger partial charge in [-0.05, 0) is 37.1 Å². The molecular weight excluding hydrogens is 308 g/mol. The Bertz CT molecular complexity index is 567. The fourth-order valence-electron chi connectivity index (χ4n) is 2.55. The average Bonchev–Trinajstić information content (AvgIpc) is 2.75. The Labute approximate surface area is 132 Å². The molecule has 0 saturated carbocycles. The molecule has 1 heterocycles. The zero-order valence-electron chi connectivity index (χ0n) is 12.4. The van der Waals surface area contributed by atoms with E-state index in [0.29, 0.717) is 24.7 Å². The number of hydrogen-bond donors (Lipinski definition) is 1. The Hall–Kier alpha value is -0.620. The highest BCUT2D eigenvalue weighted by Crippen LogP contribution is 2.27. The van der Waals surface area contributed by atoms with Gasteiger partial charge in [0.25, 0.3) is 0 Å². The lowest BCUT2D eigenvalue weighted by atomic mass is 10.2. The second kappa shape index (κ2) is 7.58. The topological polar surface area (TPSA) is 49.4 Å². The van der Waals surface area contributed by atoms with Crippen LogP contribution in [0.5, 0.6) is 0 Å². The van der Waals surface area contributed by atoms with Crippen molar-refractivity contribution >= 4 is 21.6 Å². The number of sulfonamides is 1. The van der Waals surface area contributed by atoms with Crippen LogP contribution in [-0.2, 0) is 16.6 Å². The van der Waals surface area contributed by atoms with Crippen LogP contribution >= 0.6 is 11.6 Å². The molecule has 0 bridgehead atoms. The van der Waals surface area contributed by atoms with Crippen molar-refractivity contribution in [3.8, 4) is 0 Å². The number of halogens is 1. The predicted molar refractivity (Wildman–Crippen MR) is 86.1 cm³/mol. The zero-order chi connectivity index (χ0) is 15.3. The SMILES string of the molecule is CCNCc1ccc(Cl)c(S(=O)(=O)N2CCCCCC2)c1. The van der Waals surface area contributed by atoms with Gasteiger partial charge in [-0.15, -0.1) is 0 Å². The van der Waals surface area contributed by atoms with E-state index in [1.54, 1.807) is 16.4 Å². The molecule has 0 atom stereocenters. The summed E-state index contributed by atoms with van der Waals surface area (Å²) in [6.45, 7) is 4.70. The molecule has 1 aromatic carbocycles. The van der Waals surface area contributed by atoms with E-state index in [1.165, 1.54) is 0 Å². The standard InChI is InChI=1S/C15H23ClN2O2S/c1-2-17-12-13-7-8-14(16)15(11-13)21(19,20)18-9-5-3-4-6-10-18/h7-8,11,17H,2-6,9-10,12H2,1H3. The fraction of sp³-hybridized carbons (Fsp3) is 0.600. The van der Waals surface area contributed by atoms with Crippen molar-refractivity contribution in [3.05, 3.63) is 28.8 Å². The Morgan fingerprint density at radius 1 is 1.19 bits per heavy atom. The highest BCUT2D eigenvalue weighted by Gasteiger charge is 2.27. The minimum atomic E-state index is -3.49. The predicted octanol–water partition coefficient (Wildman–Crippen LogP) is 3.01. The maximum absolute atomic E-state index is 12.8. The molecule has 1 aromatic rings. The third-order valence-electron chi connectivity index (χ3n) is 3.76. The minimum Gasteiger partial charge on any atom is -0.313 e. The first kappa shape index (κ1) is 16.7. The van der Waals surface area contributed by atoms with Gasteiger partial charge in [-0.2, -0.15) is 4.31 Å². The molecule has 118 valence electrons. The van der Waals surface area contributed by atoms with Gasteiger partial charge in [0.2, 0.25) is 10.0 Å². The van der Waals surface area contributed by atoms with Crippen LogP contribution in [0.25, 0.3) is 0 Å². The van der Waals surface area contributed by atoms with E-state index in [9.17, 15) is 8.42 Å². The van der Waals surface area contributed by atoms with Crippen molar-refractivity contribution in [1.29, 1.82) is 0 Å². The van der Waals surface area contributed by atoms with Gasteiger partial charge in [0, 0.05) is 19.6 Å².